The van der Waals surface area contributed by atoms with Crippen molar-refractivity contribution in [2.45, 2.75) is 12.8 Å². The Hall–Kier alpha value is -3.13. The van der Waals surface area contributed by atoms with Crippen molar-refractivity contribution in [2.24, 2.45) is 5.92 Å². The van der Waals surface area contributed by atoms with Gasteiger partial charge in [-0.05, 0) is 44.1 Å². The molecule has 8 heteroatoms. The summed E-state index contributed by atoms with van der Waals surface area (Å²) in [6.45, 7) is 4.87. The highest BCUT2D eigenvalue weighted by Crippen LogP contribution is 2.31. The number of fused-ring (bicyclic) bond motifs is 1. The van der Waals surface area contributed by atoms with Gasteiger partial charge >= 0.3 is 0 Å². The third-order valence-electron chi connectivity index (χ3n) is 6.07. The molecule has 156 valence electrons. The van der Waals surface area contributed by atoms with Crippen molar-refractivity contribution >= 4 is 28.5 Å². The van der Waals surface area contributed by atoms with Gasteiger partial charge < -0.3 is 25.3 Å². The number of pyridine rings is 1. The van der Waals surface area contributed by atoms with E-state index in [1.54, 1.807) is 6.20 Å². The molecule has 3 N–H and O–H groups in total. The second kappa shape index (κ2) is 7.95. The molecule has 2 aliphatic heterocycles. The number of hydrogen-bond acceptors (Lipinski definition) is 7. The fourth-order valence-electron chi connectivity index (χ4n) is 4.31. The smallest absolute Gasteiger partial charge is 0.231 e. The first kappa shape index (κ1) is 18.9. The standard InChI is InChI=1S/C22H26N6O2/c23-20-17(21-26-18-3-1-2-4-19(18)30-21)13-16(14-25-20)27-9-11-28(12-10-27)22(29)15-5-7-24-8-6-15/h1-4,13-15,24H,5-12H2,(H2,23,25). The van der Waals surface area contributed by atoms with E-state index in [1.807, 2.05) is 35.2 Å². The number of hydrogen-bond donors (Lipinski definition) is 2. The normalized spacial score (nSPS) is 18.1. The molecule has 0 radical (unpaired) electrons. The van der Waals surface area contributed by atoms with Crippen LogP contribution in [0.3, 0.4) is 0 Å². The largest absolute Gasteiger partial charge is 0.436 e. The minimum atomic E-state index is 0.168. The van der Waals surface area contributed by atoms with Crippen LogP contribution < -0.4 is 16.0 Å². The Bertz CT molecular complexity index is 1020. The minimum absolute atomic E-state index is 0.168. The Kier molecular flexibility index (Phi) is 5.00. The summed E-state index contributed by atoms with van der Waals surface area (Å²) in [4.78, 5) is 26.0. The van der Waals surface area contributed by atoms with Crippen LogP contribution in [0.2, 0.25) is 0 Å². The number of oxazole rings is 1. The first-order valence-corrected chi connectivity index (χ1v) is 10.5. The lowest BCUT2D eigenvalue weighted by Crippen LogP contribution is -2.51. The van der Waals surface area contributed by atoms with Crippen molar-refractivity contribution < 1.29 is 9.21 Å². The highest BCUT2D eigenvalue weighted by atomic mass is 16.3. The number of nitrogen functional groups attached to an aromatic ring is 1. The number of para-hydroxylation sites is 2. The number of carbonyl (C=O) groups excluding carboxylic acids is 1. The van der Waals surface area contributed by atoms with Crippen LogP contribution in [0, 0.1) is 5.92 Å². The molecule has 0 unspecified atom stereocenters. The van der Waals surface area contributed by atoms with Crippen molar-refractivity contribution in [1.29, 1.82) is 0 Å². The topological polar surface area (TPSA) is 101 Å². The molecule has 0 bridgehead atoms. The number of amides is 1. The predicted octanol–water partition coefficient (Wildman–Crippen LogP) is 2.12. The molecular weight excluding hydrogens is 380 g/mol. The van der Waals surface area contributed by atoms with E-state index in [1.165, 1.54) is 0 Å². The van der Waals surface area contributed by atoms with Crippen molar-refractivity contribution in [3.8, 4) is 11.5 Å². The van der Waals surface area contributed by atoms with Crippen LogP contribution in [0.4, 0.5) is 11.5 Å². The molecule has 2 aliphatic rings. The van der Waals surface area contributed by atoms with Gasteiger partial charge in [-0.1, -0.05) is 12.1 Å². The van der Waals surface area contributed by atoms with Gasteiger partial charge in [-0.25, -0.2) is 9.97 Å². The van der Waals surface area contributed by atoms with Gasteiger partial charge in [-0.3, -0.25) is 4.79 Å². The number of benzene rings is 1. The summed E-state index contributed by atoms with van der Waals surface area (Å²) in [6.07, 6.45) is 3.66. The molecule has 8 nitrogen and oxygen atoms in total. The Labute approximate surface area is 175 Å². The van der Waals surface area contributed by atoms with Crippen LogP contribution in [0.1, 0.15) is 12.8 Å². The maximum Gasteiger partial charge on any atom is 0.231 e. The van der Waals surface area contributed by atoms with Gasteiger partial charge in [0.1, 0.15) is 11.3 Å². The second-order valence-electron chi connectivity index (χ2n) is 7.95. The Morgan fingerprint density at radius 3 is 2.67 bits per heavy atom. The lowest BCUT2D eigenvalue weighted by Gasteiger charge is -2.38. The van der Waals surface area contributed by atoms with Crippen LogP contribution in [0.15, 0.2) is 40.9 Å². The summed E-state index contributed by atoms with van der Waals surface area (Å²) in [6, 6.07) is 9.63. The quantitative estimate of drug-likeness (QED) is 0.687. The zero-order valence-corrected chi connectivity index (χ0v) is 16.9. The van der Waals surface area contributed by atoms with Gasteiger partial charge in [0.15, 0.2) is 5.58 Å². The molecular formula is C22H26N6O2. The molecule has 0 spiro atoms. The number of nitrogens with two attached hydrogens (primary N) is 1. The maximum atomic E-state index is 12.8. The lowest BCUT2D eigenvalue weighted by molar-refractivity contribution is -0.136. The number of piperazine rings is 1. The summed E-state index contributed by atoms with van der Waals surface area (Å²) < 4.78 is 5.89. The van der Waals surface area contributed by atoms with Gasteiger partial charge in [0.05, 0.1) is 17.4 Å². The number of aromatic nitrogens is 2. The van der Waals surface area contributed by atoms with Crippen LogP contribution in [0.25, 0.3) is 22.6 Å². The summed E-state index contributed by atoms with van der Waals surface area (Å²) in [5.41, 5.74) is 9.31. The zero-order chi connectivity index (χ0) is 20.5. The molecule has 0 aliphatic carbocycles. The third-order valence-corrected chi connectivity index (χ3v) is 6.07. The van der Waals surface area contributed by atoms with Crippen LogP contribution in [0.5, 0.6) is 0 Å². The number of piperidine rings is 1. The van der Waals surface area contributed by atoms with E-state index in [0.717, 1.165) is 68.9 Å². The maximum absolute atomic E-state index is 12.8. The lowest BCUT2D eigenvalue weighted by atomic mass is 9.96. The molecule has 3 aromatic rings. The third kappa shape index (κ3) is 3.59. The second-order valence-corrected chi connectivity index (χ2v) is 7.95. The van der Waals surface area contributed by atoms with E-state index in [-0.39, 0.29) is 5.92 Å². The van der Waals surface area contributed by atoms with Crippen molar-refractivity contribution in [3.05, 3.63) is 36.5 Å². The van der Waals surface area contributed by atoms with Crippen molar-refractivity contribution in [1.82, 2.24) is 20.2 Å². The Morgan fingerprint density at radius 2 is 1.90 bits per heavy atom. The van der Waals surface area contributed by atoms with Gasteiger partial charge in [0.25, 0.3) is 0 Å². The molecule has 0 atom stereocenters. The highest BCUT2D eigenvalue weighted by Gasteiger charge is 2.28. The fraction of sp³-hybridized carbons (Fsp3) is 0.409. The fourth-order valence-corrected chi connectivity index (χ4v) is 4.31. The molecule has 2 fully saturated rings. The number of anilines is 2. The first-order chi connectivity index (χ1) is 14.7. The number of nitrogens with one attached hydrogen (secondary N) is 1. The molecule has 0 saturated carbocycles. The summed E-state index contributed by atoms with van der Waals surface area (Å²) in [5, 5.41) is 3.32. The molecule has 1 amide bonds. The van der Waals surface area contributed by atoms with Crippen molar-refractivity contribution in [2.75, 3.05) is 49.9 Å². The number of carbonyl (C=O) groups is 1. The number of rotatable bonds is 3. The average molecular weight is 406 g/mol. The Balaban J connectivity index is 1.31. The SMILES string of the molecule is Nc1ncc(N2CCN(C(=O)C3CCNCC3)CC2)cc1-c1nc2ccccc2o1. The molecule has 5 rings (SSSR count). The van der Waals surface area contributed by atoms with Gasteiger partial charge in [-0.2, -0.15) is 0 Å². The average Bonchev–Trinajstić information content (AvgIpc) is 3.24. The summed E-state index contributed by atoms with van der Waals surface area (Å²) in [7, 11) is 0. The molecule has 4 heterocycles. The van der Waals surface area contributed by atoms with Gasteiger partial charge in [0, 0.05) is 32.1 Å². The summed E-state index contributed by atoms with van der Waals surface area (Å²) >= 11 is 0. The molecule has 2 aromatic heterocycles. The zero-order valence-electron chi connectivity index (χ0n) is 16.9. The van der Waals surface area contributed by atoms with Crippen molar-refractivity contribution in [3.63, 3.8) is 0 Å². The van der Waals surface area contributed by atoms with Crippen LogP contribution >= 0.6 is 0 Å². The molecule has 30 heavy (non-hydrogen) atoms. The van der Waals surface area contributed by atoms with E-state index in [0.29, 0.717) is 23.2 Å². The van der Waals surface area contributed by atoms with E-state index in [2.05, 4.69) is 20.2 Å². The summed E-state index contributed by atoms with van der Waals surface area (Å²) in [5.74, 6) is 1.34. The predicted molar refractivity (Wildman–Crippen MR) is 116 cm³/mol. The van der Waals surface area contributed by atoms with E-state index >= 15 is 0 Å². The molecule has 2 saturated heterocycles. The van der Waals surface area contributed by atoms with E-state index in [4.69, 9.17) is 10.2 Å². The van der Waals surface area contributed by atoms with Gasteiger partial charge in [0.2, 0.25) is 11.8 Å². The Morgan fingerprint density at radius 1 is 1.13 bits per heavy atom. The van der Waals surface area contributed by atoms with E-state index in [9.17, 15) is 4.79 Å². The van der Waals surface area contributed by atoms with Crippen LogP contribution in [-0.4, -0.2) is 60.0 Å². The first-order valence-electron chi connectivity index (χ1n) is 10.5. The molecule has 1 aromatic carbocycles. The highest BCUT2D eigenvalue weighted by molar-refractivity contribution is 5.80. The van der Waals surface area contributed by atoms with Crippen LogP contribution in [-0.2, 0) is 4.79 Å². The van der Waals surface area contributed by atoms with Gasteiger partial charge in [-0.15, -0.1) is 0 Å². The van der Waals surface area contributed by atoms with E-state index < -0.39 is 0 Å². The minimum Gasteiger partial charge on any atom is -0.436 e. The number of nitrogens with zero attached hydrogens (tertiary/aromatic N) is 4. The monoisotopic (exact) mass is 406 g/mol.